The van der Waals surface area contributed by atoms with Gasteiger partial charge < -0.3 is 20.5 Å². The van der Waals surface area contributed by atoms with Crippen LogP contribution < -0.4 is 15.4 Å². The van der Waals surface area contributed by atoms with E-state index in [1.807, 2.05) is 17.0 Å². The lowest BCUT2D eigenvalue weighted by Gasteiger charge is -2.25. The predicted octanol–water partition coefficient (Wildman–Crippen LogP) is 1.93. The Morgan fingerprint density at radius 2 is 2.00 bits per heavy atom. The lowest BCUT2D eigenvalue weighted by atomic mass is 10.1. The van der Waals surface area contributed by atoms with Gasteiger partial charge >= 0.3 is 5.97 Å². The highest BCUT2D eigenvalue weighted by molar-refractivity contribution is 6.18. The first kappa shape index (κ1) is 17.9. The van der Waals surface area contributed by atoms with Gasteiger partial charge in [-0.1, -0.05) is 6.07 Å². The van der Waals surface area contributed by atoms with Gasteiger partial charge in [-0.25, -0.2) is 0 Å². The summed E-state index contributed by atoms with van der Waals surface area (Å²) in [6.45, 7) is 1.30. The van der Waals surface area contributed by atoms with Crippen LogP contribution in [0, 0.1) is 0 Å². The summed E-state index contributed by atoms with van der Waals surface area (Å²) in [6, 6.07) is 4.59. The molecule has 1 atom stereocenters. The van der Waals surface area contributed by atoms with E-state index < -0.39 is 12.0 Å². The standard InChI is InChI=1S/C14H20Cl2N2O3/c1-21-13-9-10(8-11(17)14(19)20)2-3-12(13)18(6-4-15)7-5-16/h2-3,9,11H,4-8,17H2,1H3,(H,19,20)/t11-/m1/s1. The van der Waals surface area contributed by atoms with Crippen LogP contribution in [-0.2, 0) is 11.2 Å². The Morgan fingerprint density at radius 1 is 1.38 bits per heavy atom. The van der Waals surface area contributed by atoms with Crippen molar-refractivity contribution in [1.82, 2.24) is 0 Å². The second kappa shape index (κ2) is 8.97. The average molecular weight is 335 g/mol. The molecule has 0 heterocycles. The third-order valence-corrected chi connectivity index (χ3v) is 3.40. The lowest BCUT2D eigenvalue weighted by Crippen LogP contribution is -2.32. The van der Waals surface area contributed by atoms with Gasteiger partial charge in [-0.05, 0) is 24.1 Å². The number of ether oxygens (including phenoxy) is 1. The first-order valence-corrected chi connectivity index (χ1v) is 7.62. The summed E-state index contributed by atoms with van der Waals surface area (Å²) in [5.74, 6) is 0.585. The number of halogens is 2. The Hall–Kier alpha value is -1.17. The van der Waals surface area contributed by atoms with Crippen molar-refractivity contribution in [1.29, 1.82) is 0 Å². The normalized spacial score (nSPS) is 12.0. The Kier molecular flexibility index (Phi) is 7.64. The molecule has 0 aliphatic carbocycles. The number of methoxy groups -OCH3 is 1. The monoisotopic (exact) mass is 334 g/mol. The van der Waals surface area contributed by atoms with Crippen LogP contribution >= 0.6 is 23.2 Å². The van der Waals surface area contributed by atoms with E-state index in [2.05, 4.69) is 0 Å². The molecule has 1 aromatic carbocycles. The molecule has 7 heteroatoms. The van der Waals surface area contributed by atoms with Crippen LogP contribution in [-0.4, -0.2) is 49.1 Å². The van der Waals surface area contributed by atoms with Gasteiger partial charge in [0.1, 0.15) is 11.8 Å². The van der Waals surface area contributed by atoms with Crippen LogP contribution in [0.3, 0.4) is 0 Å². The number of carbonyl (C=O) groups is 1. The van der Waals surface area contributed by atoms with Crippen molar-refractivity contribution >= 4 is 34.9 Å². The number of aliphatic carboxylic acids is 1. The van der Waals surface area contributed by atoms with E-state index in [9.17, 15) is 4.79 Å². The molecule has 1 rings (SSSR count). The number of rotatable bonds is 9. The van der Waals surface area contributed by atoms with Crippen LogP contribution in [0.25, 0.3) is 0 Å². The maximum Gasteiger partial charge on any atom is 0.320 e. The maximum atomic E-state index is 10.8. The Balaban J connectivity index is 2.99. The van der Waals surface area contributed by atoms with Crippen molar-refractivity contribution in [3.63, 3.8) is 0 Å². The van der Waals surface area contributed by atoms with Crippen molar-refractivity contribution in [2.75, 3.05) is 36.9 Å². The van der Waals surface area contributed by atoms with Gasteiger partial charge in [-0.2, -0.15) is 0 Å². The van der Waals surface area contributed by atoms with Crippen molar-refractivity contribution < 1.29 is 14.6 Å². The van der Waals surface area contributed by atoms with Crippen molar-refractivity contribution in [2.24, 2.45) is 5.73 Å². The summed E-state index contributed by atoms with van der Waals surface area (Å²) in [4.78, 5) is 12.8. The van der Waals surface area contributed by atoms with Crippen LogP contribution in [0.5, 0.6) is 5.75 Å². The van der Waals surface area contributed by atoms with E-state index in [-0.39, 0.29) is 6.42 Å². The Morgan fingerprint density at radius 3 is 2.48 bits per heavy atom. The second-order valence-electron chi connectivity index (χ2n) is 4.52. The van der Waals surface area contributed by atoms with Gasteiger partial charge in [-0.15, -0.1) is 23.2 Å². The van der Waals surface area contributed by atoms with Crippen LogP contribution in [0.4, 0.5) is 5.69 Å². The molecule has 0 saturated heterocycles. The molecule has 118 valence electrons. The van der Waals surface area contributed by atoms with E-state index >= 15 is 0 Å². The smallest absolute Gasteiger partial charge is 0.320 e. The molecule has 0 aromatic heterocycles. The molecule has 0 bridgehead atoms. The zero-order chi connectivity index (χ0) is 15.8. The third-order valence-electron chi connectivity index (χ3n) is 3.07. The van der Waals surface area contributed by atoms with E-state index in [0.29, 0.717) is 30.6 Å². The first-order chi connectivity index (χ1) is 10.0. The average Bonchev–Trinajstić information content (AvgIpc) is 2.46. The molecular formula is C14H20Cl2N2O3. The molecule has 0 radical (unpaired) electrons. The third kappa shape index (κ3) is 5.26. The van der Waals surface area contributed by atoms with Gasteiger partial charge in [0.05, 0.1) is 12.8 Å². The molecule has 0 aliphatic rings. The van der Waals surface area contributed by atoms with Crippen molar-refractivity contribution in [3.05, 3.63) is 23.8 Å². The molecule has 0 amide bonds. The fourth-order valence-electron chi connectivity index (χ4n) is 2.01. The number of hydrogen-bond acceptors (Lipinski definition) is 4. The molecule has 0 unspecified atom stereocenters. The van der Waals surface area contributed by atoms with E-state index in [4.69, 9.17) is 38.8 Å². The van der Waals surface area contributed by atoms with E-state index in [1.165, 1.54) is 0 Å². The highest BCUT2D eigenvalue weighted by Crippen LogP contribution is 2.29. The SMILES string of the molecule is COc1cc(C[C@@H](N)C(=O)O)ccc1N(CCCl)CCCl. The minimum absolute atomic E-state index is 0.247. The molecule has 0 aliphatic heterocycles. The largest absolute Gasteiger partial charge is 0.495 e. The second-order valence-corrected chi connectivity index (χ2v) is 5.28. The van der Waals surface area contributed by atoms with Gasteiger partial charge in [0, 0.05) is 24.8 Å². The molecule has 0 saturated carbocycles. The first-order valence-electron chi connectivity index (χ1n) is 6.55. The summed E-state index contributed by atoms with van der Waals surface area (Å²) < 4.78 is 5.39. The molecule has 21 heavy (non-hydrogen) atoms. The molecular weight excluding hydrogens is 315 g/mol. The number of anilines is 1. The van der Waals surface area contributed by atoms with Crippen molar-refractivity contribution in [2.45, 2.75) is 12.5 Å². The fourth-order valence-corrected chi connectivity index (χ4v) is 2.42. The van der Waals surface area contributed by atoms with Gasteiger partial charge in [-0.3, -0.25) is 4.79 Å². The van der Waals surface area contributed by atoms with Crippen LogP contribution in [0.1, 0.15) is 5.56 Å². The van der Waals surface area contributed by atoms with Gasteiger partial charge in [0.15, 0.2) is 0 Å². The maximum absolute atomic E-state index is 10.8. The number of alkyl halides is 2. The van der Waals surface area contributed by atoms with Crippen LogP contribution in [0.2, 0.25) is 0 Å². The summed E-state index contributed by atoms with van der Waals surface area (Å²) in [7, 11) is 1.57. The zero-order valence-corrected chi connectivity index (χ0v) is 13.4. The van der Waals surface area contributed by atoms with E-state index in [0.717, 1.165) is 11.3 Å². The summed E-state index contributed by atoms with van der Waals surface area (Å²) in [5, 5.41) is 8.86. The summed E-state index contributed by atoms with van der Waals surface area (Å²) in [5.41, 5.74) is 7.24. The highest BCUT2D eigenvalue weighted by Gasteiger charge is 2.16. The topological polar surface area (TPSA) is 75.8 Å². The number of nitrogens with two attached hydrogens (primary N) is 1. The number of hydrogen-bond donors (Lipinski definition) is 2. The highest BCUT2D eigenvalue weighted by atomic mass is 35.5. The number of nitrogens with zero attached hydrogens (tertiary/aromatic N) is 1. The molecule has 1 aromatic rings. The van der Waals surface area contributed by atoms with Crippen molar-refractivity contribution in [3.8, 4) is 5.75 Å². The number of carboxylic acids is 1. The molecule has 3 N–H and O–H groups in total. The fraction of sp³-hybridized carbons (Fsp3) is 0.500. The zero-order valence-electron chi connectivity index (χ0n) is 11.9. The van der Waals surface area contributed by atoms with Gasteiger partial charge in [0.2, 0.25) is 0 Å². The summed E-state index contributed by atoms with van der Waals surface area (Å²) in [6.07, 6.45) is 0.247. The lowest BCUT2D eigenvalue weighted by molar-refractivity contribution is -0.138. The molecule has 0 spiro atoms. The minimum Gasteiger partial charge on any atom is -0.495 e. The minimum atomic E-state index is -1.02. The predicted molar refractivity (Wildman–Crippen MR) is 86.0 cm³/mol. The molecule has 5 nitrogen and oxygen atoms in total. The Labute approximate surface area is 134 Å². The van der Waals surface area contributed by atoms with Crippen LogP contribution in [0.15, 0.2) is 18.2 Å². The quantitative estimate of drug-likeness (QED) is 0.675. The number of carboxylic acid groups (broad SMARTS) is 1. The van der Waals surface area contributed by atoms with E-state index in [1.54, 1.807) is 13.2 Å². The Bertz CT molecular complexity index is 466. The van der Waals surface area contributed by atoms with Gasteiger partial charge in [0.25, 0.3) is 0 Å². The number of benzene rings is 1. The molecule has 0 fully saturated rings. The summed E-state index contributed by atoms with van der Waals surface area (Å²) >= 11 is 11.6.